The molecular formula is C15H18FN5OS. The monoisotopic (exact) mass is 335 g/mol. The van der Waals surface area contributed by atoms with Gasteiger partial charge < -0.3 is 10.1 Å². The van der Waals surface area contributed by atoms with Gasteiger partial charge in [0.15, 0.2) is 5.11 Å². The van der Waals surface area contributed by atoms with E-state index in [0.29, 0.717) is 24.2 Å². The molecule has 1 unspecified atom stereocenters. The predicted octanol–water partition coefficient (Wildman–Crippen LogP) is 1.93. The topological polar surface area (TPSA) is 64.0 Å². The number of nitrogens with zero attached hydrogens (tertiary/aromatic N) is 3. The Labute approximate surface area is 139 Å². The van der Waals surface area contributed by atoms with Crippen LogP contribution >= 0.6 is 12.2 Å². The lowest BCUT2D eigenvalue weighted by Crippen LogP contribution is -2.35. The lowest BCUT2D eigenvalue weighted by atomic mass is 10.2. The fourth-order valence-corrected chi connectivity index (χ4v) is 2.58. The summed E-state index contributed by atoms with van der Waals surface area (Å²) in [6.45, 7) is 1.94. The van der Waals surface area contributed by atoms with Gasteiger partial charge in [-0.25, -0.2) is 14.1 Å². The van der Waals surface area contributed by atoms with E-state index in [0.717, 1.165) is 25.0 Å². The minimum absolute atomic E-state index is 0.216. The van der Waals surface area contributed by atoms with Crippen LogP contribution in [0.4, 0.5) is 10.3 Å². The van der Waals surface area contributed by atoms with Crippen molar-refractivity contribution in [1.82, 2.24) is 20.1 Å². The number of anilines is 1. The Hall–Kier alpha value is -2.06. The van der Waals surface area contributed by atoms with Crippen molar-refractivity contribution in [2.24, 2.45) is 0 Å². The average molecular weight is 335 g/mol. The lowest BCUT2D eigenvalue weighted by Gasteiger charge is -2.12. The summed E-state index contributed by atoms with van der Waals surface area (Å²) in [6, 6.07) is 6.40. The maximum atomic E-state index is 13.2. The van der Waals surface area contributed by atoms with Crippen molar-refractivity contribution in [3.63, 3.8) is 0 Å². The third-order valence-electron chi connectivity index (χ3n) is 3.51. The molecule has 0 aliphatic carbocycles. The lowest BCUT2D eigenvalue weighted by molar-refractivity contribution is 0.114. The summed E-state index contributed by atoms with van der Waals surface area (Å²) < 4.78 is 20.3. The molecule has 3 rings (SSSR count). The maximum Gasteiger partial charge on any atom is 0.248 e. The zero-order chi connectivity index (χ0) is 16.1. The highest BCUT2D eigenvalue weighted by atomic mass is 32.1. The number of rotatable bonds is 5. The van der Waals surface area contributed by atoms with E-state index in [4.69, 9.17) is 17.0 Å². The second kappa shape index (κ2) is 7.47. The van der Waals surface area contributed by atoms with E-state index in [2.05, 4.69) is 20.7 Å². The first kappa shape index (κ1) is 15.8. The smallest absolute Gasteiger partial charge is 0.248 e. The number of hydrogen-bond donors (Lipinski definition) is 2. The van der Waals surface area contributed by atoms with E-state index < -0.39 is 0 Å². The van der Waals surface area contributed by atoms with Gasteiger partial charge in [-0.3, -0.25) is 5.32 Å². The van der Waals surface area contributed by atoms with E-state index in [1.54, 1.807) is 17.1 Å². The minimum atomic E-state index is -0.263. The standard InChI is InChI=1S/C15H18FN5OS/c16-12-4-1-3-11(7-12)9-21-10-18-14(20-21)19-15(23)17-8-13-5-2-6-22-13/h1,3-4,7,10,13H,2,5-6,8-9H2,(H2,17,19,20,23). The highest BCUT2D eigenvalue weighted by molar-refractivity contribution is 7.80. The SMILES string of the molecule is Fc1cccc(Cn2cnc(NC(=S)NCC3CCCO3)n2)c1. The average Bonchev–Trinajstić information content (AvgIpc) is 3.17. The first-order valence-corrected chi connectivity index (χ1v) is 7.90. The van der Waals surface area contributed by atoms with Crippen LogP contribution in [-0.2, 0) is 11.3 Å². The van der Waals surface area contributed by atoms with Crippen LogP contribution < -0.4 is 10.6 Å². The van der Waals surface area contributed by atoms with Crippen molar-refractivity contribution in [1.29, 1.82) is 0 Å². The Balaban J connectivity index is 1.49. The Kier molecular flexibility index (Phi) is 5.14. The van der Waals surface area contributed by atoms with Crippen molar-refractivity contribution in [3.05, 3.63) is 42.0 Å². The summed E-state index contributed by atoms with van der Waals surface area (Å²) in [7, 11) is 0. The second-order valence-electron chi connectivity index (χ2n) is 5.37. The molecule has 0 spiro atoms. The number of thiocarbonyl (C=S) groups is 1. The second-order valence-corrected chi connectivity index (χ2v) is 5.77. The number of nitrogens with one attached hydrogen (secondary N) is 2. The molecule has 122 valence electrons. The van der Waals surface area contributed by atoms with Crippen LogP contribution in [0.2, 0.25) is 0 Å². The highest BCUT2D eigenvalue weighted by Crippen LogP contribution is 2.10. The van der Waals surface area contributed by atoms with Crippen LogP contribution in [0.3, 0.4) is 0 Å². The van der Waals surface area contributed by atoms with Gasteiger partial charge in [0, 0.05) is 13.2 Å². The van der Waals surface area contributed by atoms with Crippen LogP contribution in [0.25, 0.3) is 0 Å². The molecule has 1 aromatic carbocycles. The normalized spacial score (nSPS) is 17.2. The molecule has 0 saturated carbocycles. The molecule has 1 aliphatic rings. The summed E-state index contributed by atoms with van der Waals surface area (Å²) in [6.07, 6.45) is 3.94. The molecule has 0 bridgehead atoms. The van der Waals surface area contributed by atoms with E-state index in [1.165, 1.54) is 12.1 Å². The van der Waals surface area contributed by atoms with E-state index >= 15 is 0 Å². The van der Waals surface area contributed by atoms with Crippen molar-refractivity contribution >= 4 is 23.3 Å². The largest absolute Gasteiger partial charge is 0.376 e. The summed E-state index contributed by atoms with van der Waals surface area (Å²) in [5.74, 6) is 0.145. The first-order valence-electron chi connectivity index (χ1n) is 7.49. The van der Waals surface area contributed by atoms with Gasteiger partial charge in [0.2, 0.25) is 5.95 Å². The molecule has 0 amide bonds. The quantitative estimate of drug-likeness (QED) is 0.814. The van der Waals surface area contributed by atoms with Gasteiger partial charge in [-0.05, 0) is 42.8 Å². The summed E-state index contributed by atoms with van der Waals surface area (Å²) in [5, 5.41) is 10.8. The first-order chi connectivity index (χ1) is 11.2. The zero-order valence-corrected chi connectivity index (χ0v) is 13.4. The number of ether oxygens (including phenoxy) is 1. The third kappa shape index (κ3) is 4.70. The minimum Gasteiger partial charge on any atom is -0.376 e. The van der Waals surface area contributed by atoms with Gasteiger partial charge in [0.1, 0.15) is 12.1 Å². The molecule has 2 N–H and O–H groups in total. The molecule has 1 fully saturated rings. The van der Waals surface area contributed by atoms with Crippen molar-refractivity contribution in [2.75, 3.05) is 18.5 Å². The van der Waals surface area contributed by atoms with E-state index in [-0.39, 0.29) is 11.9 Å². The molecule has 1 aliphatic heterocycles. The van der Waals surface area contributed by atoms with Gasteiger partial charge in [-0.2, -0.15) is 0 Å². The number of hydrogen-bond acceptors (Lipinski definition) is 4. The molecule has 1 atom stereocenters. The Morgan fingerprint density at radius 3 is 3.17 bits per heavy atom. The van der Waals surface area contributed by atoms with Gasteiger partial charge in [-0.1, -0.05) is 12.1 Å². The van der Waals surface area contributed by atoms with Crippen molar-refractivity contribution in [2.45, 2.75) is 25.5 Å². The van der Waals surface area contributed by atoms with Crippen LogP contribution in [0.5, 0.6) is 0 Å². The Morgan fingerprint density at radius 2 is 2.39 bits per heavy atom. The van der Waals surface area contributed by atoms with Crippen molar-refractivity contribution in [3.8, 4) is 0 Å². The van der Waals surface area contributed by atoms with Gasteiger partial charge in [-0.15, -0.1) is 5.10 Å². The number of benzene rings is 1. The number of halogens is 1. The van der Waals surface area contributed by atoms with Gasteiger partial charge >= 0.3 is 0 Å². The molecule has 1 aromatic heterocycles. The Morgan fingerprint density at radius 1 is 1.48 bits per heavy atom. The zero-order valence-electron chi connectivity index (χ0n) is 12.5. The molecule has 8 heteroatoms. The van der Waals surface area contributed by atoms with Crippen LogP contribution in [0, 0.1) is 5.82 Å². The Bertz CT molecular complexity index is 671. The van der Waals surface area contributed by atoms with E-state index in [1.807, 2.05) is 6.07 Å². The van der Waals surface area contributed by atoms with Crippen LogP contribution in [0.1, 0.15) is 18.4 Å². The summed E-state index contributed by atoms with van der Waals surface area (Å²) in [4.78, 5) is 4.14. The van der Waals surface area contributed by atoms with E-state index in [9.17, 15) is 4.39 Å². The fourth-order valence-electron chi connectivity index (χ4n) is 2.41. The molecular weight excluding hydrogens is 317 g/mol. The highest BCUT2D eigenvalue weighted by Gasteiger charge is 2.15. The van der Waals surface area contributed by atoms with Gasteiger partial charge in [0.25, 0.3) is 0 Å². The molecule has 2 heterocycles. The molecule has 1 saturated heterocycles. The molecule has 6 nitrogen and oxygen atoms in total. The van der Waals surface area contributed by atoms with Crippen LogP contribution in [-0.4, -0.2) is 39.1 Å². The molecule has 23 heavy (non-hydrogen) atoms. The summed E-state index contributed by atoms with van der Waals surface area (Å²) in [5.41, 5.74) is 0.820. The predicted molar refractivity (Wildman–Crippen MR) is 88.7 cm³/mol. The van der Waals surface area contributed by atoms with Crippen molar-refractivity contribution < 1.29 is 9.13 Å². The van der Waals surface area contributed by atoms with Crippen LogP contribution in [0.15, 0.2) is 30.6 Å². The molecule has 0 radical (unpaired) electrons. The third-order valence-corrected chi connectivity index (χ3v) is 3.76. The summed E-state index contributed by atoms with van der Waals surface area (Å²) >= 11 is 5.21. The number of aromatic nitrogens is 3. The van der Waals surface area contributed by atoms with Gasteiger partial charge in [0.05, 0.1) is 12.6 Å². The fraction of sp³-hybridized carbons (Fsp3) is 0.400. The molecule has 2 aromatic rings. The maximum absolute atomic E-state index is 13.2.